The van der Waals surface area contributed by atoms with Crippen molar-refractivity contribution < 1.29 is 113 Å². The molecule has 6 aromatic rings. The van der Waals surface area contributed by atoms with Crippen LogP contribution in [0.25, 0.3) is 33.4 Å². The third kappa shape index (κ3) is 18.0. The average Bonchev–Trinajstić information content (AvgIpc) is 3.17. The fraction of sp³-hybridized carbons (Fsp3) is 0.100. The third-order valence-corrected chi connectivity index (χ3v) is 9.86. The topological polar surface area (TPSA) is 74.3 Å². The molecule has 0 aliphatic rings. The Balaban J connectivity index is 0.000000438. The Morgan fingerprint density at radius 3 is 1.02 bits per heavy atom. The molecule has 0 aliphatic heterocycles. The molecule has 0 heterocycles. The first-order valence-corrected chi connectivity index (χ1v) is 19.4. The van der Waals surface area contributed by atoms with Crippen LogP contribution in [-0.4, -0.2) is 33.7 Å². The molecule has 23 heteroatoms. The van der Waals surface area contributed by atoms with Gasteiger partial charge >= 0.3 is 46.1 Å². The summed E-state index contributed by atoms with van der Waals surface area (Å²) in [5.41, 5.74) is -13.4. The van der Waals surface area contributed by atoms with E-state index < -0.39 is 82.3 Å². The van der Waals surface area contributed by atoms with Crippen molar-refractivity contribution in [3.8, 4) is 33.4 Å². The molecule has 6 aromatic carbocycles. The van der Waals surface area contributed by atoms with Gasteiger partial charge in [0, 0.05) is 5.56 Å². The molecule has 0 saturated carbocycles. The third-order valence-electron chi connectivity index (χ3n) is 7.16. The van der Waals surface area contributed by atoms with Crippen LogP contribution < -0.4 is 29.6 Å². The SMILES string of the molecule is C.Fc1cccc(-c2cccc(F)c2)c1.O=S([O-])C(F)(F)F.O=S(c1ccc(-c2cccc(F)c2)cc1F)C(F)(F)F.O=S(c1ccc(F)cc1-c1cccc(F)c1)C(F)(F)F.[Na+]. The van der Waals surface area contributed by atoms with Gasteiger partial charge in [0.05, 0.1) is 20.9 Å². The van der Waals surface area contributed by atoms with Gasteiger partial charge in [0.15, 0.2) is 21.6 Å². The van der Waals surface area contributed by atoms with Gasteiger partial charge in [0.2, 0.25) is 0 Å². The molecule has 0 saturated heterocycles. The van der Waals surface area contributed by atoms with Crippen molar-refractivity contribution in [3.05, 3.63) is 168 Å². The van der Waals surface area contributed by atoms with E-state index in [-0.39, 0.29) is 65.3 Å². The summed E-state index contributed by atoms with van der Waals surface area (Å²) in [5, 5.41) is 0. The minimum absolute atomic E-state index is 0. The first-order valence-electron chi connectivity index (χ1n) is 16.0. The molecular weight excluding hydrogens is 949 g/mol. The minimum Gasteiger partial charge on any atom is -0.766 e. The molecule has 0 fully saturated rings. The van der Waals surface area contributed by atoms with Gasteiger partial charge in [-0.1, -0.05) is 62.0 Å². The first kappa shape index (κ1) is 56.7. The van der Waals surface area contributed by atoms with E-state index in [4.69, 9.17) is 8.76 Å². The molecule has 0 aliphatic carbocycles. The van der Waals surface area contributed by atoms with E-state index in [1.807, 2.05) is 0 Å². The van der Waals surface area contributed by atoms with Crippen molar-refractivity contribution in [2.45, 2.75) is 33.7 Å². The zero-order valence-electron chi connectivity index (χ0n) is 30.7. The maximum absolute atomic E-state index is 13.6. The van der Waals surface area contributed by atoms with Gasteiger partial charge in [-0.2, -0.15) is 39.5 Å². The summed E-state index contributed by atoms with van der Waals surface area (Å²) in [6, 6.07) is 27.2. The fourth-order valence-electron chi connectivity index (χ4n) is 4.63. The van der Waals surface area contributed by atoms with Gasteiger partial charge < -0.3 is 4.55 Å². The van der Waals surface area contributed by atoms with Crippen LogP contribution in [0.3, 0.4) is 0 Å². The van der Waals surface area contributed by atoms with E-state index in [1.54, 1.807) is 24.3 Å². The van der Waals surface area contributed by atoms with Gasteiger partial charge in [0.1, 0.15) is 34.9 Å². The van der Waals surface area contributed by atoms with E-state index in [0.717, 1.165) is 54.6 Å². The molecule has 4 nitrogen and oxygen atoms in total. The standard InChI is InChI=1S/2C13H7F5OS.C12H8F2.CHF3O2S.CH4.Na/c14-10-3-1-2-8(6-10)9-4-5-12(11(15)7-9)20(19)13(16,17)18;14-9-3-1-2-8(6-9)11-7-10(15)4-5-12(11)20(19)13(16,17)18;13-11-5-1-3-9(7-11)10-4-2-6-12(14)8-10;2-1(3,4)7(5)6;;/h2*1-7H;1-8H;(H,5,6);1H4;/q;;;;;+1/p-1. The molecule has 3 atom stereocenters. The number of benzene rings is 6. The quantitative estimate of drug-likeness (QED) is 0.0980. The van der Waals surface area contributed by atoms with Crippen LogP contribution in [0.15, 0.2) is 143 Å². The second-order valence-corrected chi connectivity index (χ2v) is 15.2. The Morgan fingerprint density at radius 2 is 0.683 bits per heavy atom. The molecule has 0 aromatic heterocycles. The molecule has 0 spiro atoms. The minimum atomic E-state index is -5.08. The zero-order chi connectivity index (χ0) is 45.9. The van der Waals surface area contributed by atoms with E-state index in [9.17, 15) is 74.3 Å². The second-order valence-electron chi connectivity index (χ2n) is 11.4. The van der Waals surface area contributed by atoms with Crippen molar-refractivity contribution >= 4 is 32.7 Å². The van der Waals surface area contributed by atoms with E-state index >= 15 is 0 Å². The van der Waals surface area contributed by atoms with Crippen LogP contribution in [0, 0.1) is 34.9 Å². The van der Waals surface area contributed by atoms with Crippen molar-refractivity contribution in [3.63, 3.8) is 0 Å². The van der Waals surface area contributed by atoms with Crippen molar-refractivity contribution in [1.82, 2.24) is 0 Å². The molecule has 0 N–H and O–H groups in total. The van der Waals surface area contributed by atoms with E-state index in [1.165, 1.54) is 54.6 Å². The predicted octanol–water partition coefficient (Wildman–Crippen LogP) is 10.2. The zero-order valence-corrected chi connectivity index (χ0v) is 35.2. The summed E-state index contributed by atoms with van der Waals surface area (Å²) in [6.07, 6.45) is 0. The smallest absolute Gasteiger partial charge is 0.766 e. The summed E-state index contributed by atoms with van der Waals surface area (Å²) in [4.78, 5) is -1.55. The van der Waals surface area contributed by atoms with Crippen LogP contribution in [0.5, 0.6) is 0 Å². The Labute approximate surface area is 378 Å². The number of halogens is 15. The number of hydrogen-bond donors (Lipinski definition) is 0. The van der Waals surface area contributed by atoms with Crippen LogP contribution in [0.4, 0.5) is 65.9 Å². The molecule has 334 valence electrons. The number of alkyl halides is 9. The van der Waals surface area contributed by atoms with Crippen LogP contribution in [0.1, 0.15) is 7.43 Å². The van der Waals surface area contributed by atoms with Gasteiger partial charge in [-0.25, -0.2) is 34.8 Å². The maximum Gasteiger partial charge on any atom is 1.00 e. The van der Waals surface area contributed by atoms with Crippen LogP contribution in [0.2, 0.25) is 0 Å². The monoisotopic (exact) mass is 974 g/mol. The molecule has 0 amide bonds. The molecule has 63 heavy (non-hydrogen) atoms. The number of hydrogen-bond acceptors (Lipinski definition) is 4. The summed E-state index contributed by atoms with van der Waals surface area (Å²) in [7, 11) is -6.75. The predicted molar refractivity (Wildman–Crippen MR) is 202 cm³/mol. The largest absolute Gasteiger partial charge is 1.00 e. The second kappa shape index (κ2) is 24.7. The van der Waals surface area contributed by atoms with Gasteiger partial charge in [-0.15, -0.1) is 0 Å². The summed E-state index contributed by atoms with van der Waals surface area (Å²) >= 11 is -3.93. The normalized spacial score (nSPS) is 12.5. The van der Waals surface area contributed by atoms with E-state index in [2.05, 4.69) is 0 Å². The molecule has 0 radical (unpaired) electrons. The summed E-state index contributed by atoms with van der Waals surface area (Å²) < 4.78 is 225. The molecular formula is C40H26F15NaO4S3. The van der Waals surface area contributed by atoms with Crippen molar-refractivity contribution in [1.29, 1.82) is 0 Å². The van der Waals surface area contributed by atoms with Gasteiger partial charge in [0.25, 0.3) is 0 Å². The number of rotatable bonds is 5. The van der Waals surface area contributed by atoms with Gasteiger partial charge in [-0.05, 0) is 107 Å². The molecule has 6 rings (SSSR count). The summed E-state index contributed by atoms with van der Waals surface area (Å²) in [5.74, 6) is -3.91. The fourth-order valence-corrected chi connectivity index (χ4v) is 6.12. The Hall–Kier alpha value is -4.32. The van der Waals surface area contributed by atoms with Crippen molar-refractivity contribution in [2.75, 3.05) is 0 Å². The van der Waals surface area contributed by atoms with Crippen LogP contribution >= 0.6 is 0 Å². The maximum atomic E-state index is 13.6. The molecule has 3 unspecified atom stereocenters. The van der Waals surface area contributed by atoms with E-state index in [0.29, 0.717) is 16.7 Å². The van der Waals surface area contributed by atoms with Crippen molar-refractivity contribution in [2.24, 2.45) is 0 Å². The average molecular weight is 975 g/mol. The Kier molecular flexibility index (Phi) is 22.2. The Bertz CT molecular complexity index is 2470. The summed E-state index contributed by atoms with van der Waals surface area (Å²) in [6.45, 7) is 0. The Morgan fingerprint density at radius 1 is 0.381 bits per heavy atom. The van der Waals surface area contributed by atoms with Crippen LogP contribution in [-0.2, 0) is 32.7 Å². The first-order chi connectivity index (χ1) is 28.3. The van der Waals surface area contributed by atoms with Gasteiger partial charge in [-0.3, -0.25) is 4.21 Å². The molecule has 0 bridgehead atoms.